The average Bonchev–Trinajstić information content (AvgIpc) is 2.83. The van der Waals surface area contributed by atoms with Crippen LogP contribution in [0.25, 0.3) is 5.69 Å². The van der Waals surface area contributed by atoms with Gasteiger partial charge in [0.15, 0.2) is 0 Å². The lowest BCUT2D eigenvalue weighted by atomic mass is 9.87. The second-order valence-corrected chi connectivity index (χ2v) is 6.88. The lowest BCUT2D eigenvalue weighted by Gasteiger charge is -2.22. The molecular weight excluding hydrogens is 244 g/mol. The maximum atomic E-state index is 6.21. The van der Waals surface area contributed by atoms with Gasteiger partial charge in [-0.25, -0.2) is 0 Å². The van der Waals surface area contributed by atoms with Crippen molar-refractivity contribution in [2.75, 3.05) is 0 Å². The van der Waals surface area contributed by atoms with E-state index in [1.807, 2.05) is 0 Å². The minimum atomic E-state index is 0.205. The third kappa shape index (κ3) is 2.29. The highest BCUT2D eigenvalue weighted by Crippen LogP contribution is 2.31. The van der Waals surface area contributed by atoms with Crippen LogP contribution in [0.4, 0.5) is 0 Å². The fraction of sp³-hybridized carbons (Fsp3) is 0.444. The Kier molecular flexibility index (Phi) is 3.21. The molecule has 0 spiro atoms. The van der Waals surface area contributed by atoms with Crippen molar-refractivity contribution in [1.29, 1.82) is 0 Å². The molecule has 3 rings (SSSR count). The lowest BCUT2D eigenvalue weighted by Crippen LogP contribution is -2.17. The van der Waals surface area contributed by atoms with Crippen LogP contribution in [0.5, 0.6) is 0 Å². The first-order valence-corrected chi connectivity index (χ1v) is 7.53. The Morgan fingerprint density at radius 2 is 1.80 bits per heavy atom. The van der Waals surface area contributed by atoms with Crippen LogP contribution in [0.2, 0.25) is 0 Å². The molecule has 20 heavy (non-hydrogen) atoms. The van der Waals surface area contributed by atoms with E-state index < -0.39 is 0 Å². The van der Waals surface area contributed by atoms with Crippen LogP contribution >= 0.6 is 0 Å². The van der Waals surface area contributed by atoms with Gasteiger partial charge in [-0.05, 0) is 54.0 Å². The van der Waals surface area contributed by atoms with Crippen molar-refractivity contribution in [1.82, 2.24) is 4.57 Å². The van der Waals surface area contributed by atoms with Gasteiger partial charge >= 0.3 is 0 Å². The van der Waals surface area contributed by atoms with E-state index in [4.69, 9.17) is 5.73 Å². The zero-order valence-corrected chi connectivity index (χ0v) is 12.7. The van der Waals surface area contributed by atoms with Gasteiger partial charge in [-0.2, -0.15) is 0 Å². The summed E-state index contributed by atoms with van der Waals surface area (Å²) < 4.78 is 2.31. The number of benzene rings is 1. The summed E-state index contributed by atoms with van der Waals surface area (Å²) in [6, 6.07) is 11.3. The molecule has 1 unspecified atom stereocenters. The topological polar surface area (TPSA) is 30.9 Å². The van der Waals surface area contributed by atoms with E-state index in [0.29, 0.717) is 0 Å². The van der Waals surface area contributed by atoms with Gasteiger partial charge in [0.05, 0.1) is 0 Å². The molecule has 1 atom stereocenters. The average molecular weight is 268 g/mol. The second kappa shape index (κ2) is 4.78. The van der Waals surface area contributed by atoms with Crippen LogP contribution in [0.3, 0.4) is 0 Å². The van der Waals surface area contributed by atoms with Crippen molar-refractivity contribution in [3.05, 3.63) is 53.3 Å². The van der Waals surface area contributed by atoms with Crippen molar-refractivity contribution >= 4 is 0 Å². The minimum Gasteiger partial charge on any atom is -0.324 e. The normalized spacial score (nSPS) is 18.9. The number of hydrogen-bond acceptors (Lipinski definition) is 1. The number of nitrogens with two attached hydrogens (primary N) is 1. The maximum absolute atomic E-state index is 6.21. The highest BCUT2D eigenvalue weighted by molar-refractivity contribution is 5.42. The maximum Gasteiger partial charge on any atom is 0.0452 e. The zero-order valence-electron chi connectivity index (χ0n) is 12.7. The Morgan fingerprint density at radius 3 is 2.45 bits per heavy atom. The van der Waals surface area contributed by atoms with Crippen molar-refractivity contribution < 1.29 is 0 Å². The molecule has 0 saturated carbocycles. The highest BCUT2D eigenvalue weighted by atomic mass is 15.0. The van der Waals surface area contributed by atoms with E-state index in [0.717, 1.165) is 12.8 Å². The molecule has 1 heterocycles. The van der Waals surface area contributed by atoms with Gasteiger partial charge in [0.1, 0.15) is 0 Å². The molecule has 0 aliphatic heterocycles. The molecule has 2 N–H and O–H groups in total. The first-order valence-electron chi connectivity index (χ1n) is 7.53. The summed E-state index contributed by atoms with van der Waals surface area (Å²) in [5.41, 5.74) is 11.8. The van der Waals surface area contributed by atoms with E-state index in [2.05, 4.69) is 61.9 Å². The molecule has 0 radical (unpaired) electrons. The Labute approximate surface area is 121 Å². The summed E-state index contributed by atoms with van der Waals surface area (Å²) in [5.74, 6) is 0. The standard InChI is InChI=1S/C18H24N2/c1-18(2,3)13-7-9-14(10-8-13)20-12-11-15-16(19)5-4-6-17(15)20/h7-12,16H,4-6,19H2,1-3H3. The first-order chi connectivity index (χ1) is 9.47. The minimum absolute atomic E-state index is 0.205. The molecule has 0 fully saturated rings. The molecule has 0 saturated heterocycles. The van der Waals surface area contributed by atoms with Gasteiger partial charge in [0.25, 0.3) is 0 Å². The lowest BCUT2D eigenvalue weighted by molar-refractivity contribution is 0.560. The predicted molar refractivity (Wildman–Crippen MR) is 84.3 cm³/mol. The van der Waals surface area contributed by atoms with Crippen LogP contribution < -0.4 is 5.73 Å². The van der Waals surface area contributed by atoms with Crippen LogP contribution in [0.15, 0.2) is 36.5 Å². The summed E-state index contributed by atoms with van der Waals surface area (Å²) >= 11 is 0. The number of aromatic nitrogens is 1. The largest absolute Gasteiger partial charge is 0.324 e. The van der Waals surface area contributed by atoms with Crippen molar-refractivity contribution in [3.63, 3.8) is 0 Å². The summed E-state index contributed by atoms with van der Waals surface area (Å²) in [6.07, 6.45) is 5.61. The van der Waals surface area contributed by atoms with Crippen LogP contribution in [-0.4, -0.2) is 4.57 Å². The number of nitrogens with zero attached hydrogens (tertiary/aromatic N) is 1. The Bertz CT molecular complexity index is 599. The second-order valence-electron chi connectivity index (χ2n) is 6.88. The van der Waals surface area contributed by atoms with Gasteiger partial charge in [0.2, 0.25) is 0 Å². The van der Waals surface area contributed by atoms with Gasteiger partial charge in [-0.3, -0.25) is 0 Å². The molecule has 106 valence electrons. The van der Waals surface area contributed by atoms with Crippen molar-refractivity contribution in [2.45, 2.75) is 51.5 Å². The fourth-order valence-corrected chi connectivity index (χ4v) is 3.09. The number of hydrogen-bond donors (Lipinski definition) is 1. The zero-order chi connectivity index (χ0) is 14.3. The quantitative estimate of drug-likeness (QED) is 0.829. The van der Waals surface area contributed by atoms with Crippen molar-refractivity contribution in [2.24, 2.45) is 5.73 Å². The molecule has 0 amide bonds. The van der Waals surface area contributed by atoms with Crippen molar-refractivity contribution in [3.8, 4) is 5.69 Å². The van der Waals surface area contributed by atoms with E-state index in [-0.39, 0.29) is 11.5 Å². The van der Waals surface area contributed by atoms with Gasteiger partial charge < -0.3 is 10.3 Å². The smallest absolute Gasteiger partial charge is 0.0452 e. The first kappa shape index (κ1) is 13.4. The van der Waals surface area contributed by atoms with Gasteiger partial charge in [-0.15, -0.1) is 0 Å². The summed E-state index contributed by atoms with van der Waals surface area (Å²) in [4.78, 5) is 0. The molecule has 2 heteroatoms. The predicted octanol–water partition coefficient (Wildman–Crippen LogP) is 4.11. The van der Waals surface area contributed by atoms with Gasteiger partial charge in [-0.1, -0.05) is 32.9 Å². The summed E-state index contributed by atoms with van der Waals surface area (Å²) in [5, 5.41) is 0. The number of fused-ring (bicyclic) bond motifs is 1. The molecule has 2 aromatic rings. The molecule has 1 aliphatic carbocycles. The van der Waals surface area contributed by atoms with Crippen LogP contribution in [-0.2, 0) is 11.8 Å². The van der Waals surface area contributed by atoms with E-state index in [1.165, 1.54) is 28.9 Å². The monoisotopic (exact) mass is 268 g/mol. The Balaban J connectivity index is 1.98. The third-order valence-corrected chi connectivity index (χ3v) is 4.37. The summed E-state index contributed by atoms with van der Waals surface area (Å²) in [6.45, 7) is 6.75. The SMILES string of the molecule is CC(C)(C)c1ccc(-n2ccc3c2CCCC3N)cc1. The highest BCUT2D eigenvalue weighted by Gasteiger charge is 2.21. The Hall–Kier alpha value is -1.54. The molecule has 1 aromatic heterocycles. The summed E-state index contributed by atoms with van der Waals surface area (Å²) in [7, 11) is 0. The number of rotatable bonds is 1. The fourth-order valence-electron chi connectivity index (χ4n) is 3.09. The Morgan fingerprint density at radius 1 is 1.10 bits per heavy atom. The molecule has 2 nitrogen and oxygen atoms in total. The van der Waals surface area contributed by atoms with Gasteiger partial charge in [0, 0.05) is 23.6 Å². The third-order valence-electron chi connectivity index (χ3n) is 4.37. The molecule has 1 aromatic carbocycles. The molecule has 1 aliphatic rings. The van der Waals surface area contributed by atoms with E-state index in [9.17, 15) is 0 Å². The van der Waals surface area contributed by atoms with E-state index in [1.54, 1.807) is 0 Å². The molecule has 0 bridgehead atoms. The van der Waals surface area contributed by atoms with Crippen LogP contribution in [0, 0.1) is 0 Å². The van der Waals surface area contributed by atoms with Crippen LogP contribution in [0.1, 0.15) is 56.5 Å². The molecular formula is C18H24N2. The van der Waals surface area contributed by atoms with E-state index >= 15 is 0 Å².